The summed E-state index contributed by atoms with van der Waals surface area (Å²) in [6, 6.07) is 9.62. The van der Waals surface area contributed by atoms with Gasteiger partial charge in [-0.25, -0.2) is 18.7 Å². The fourth-order valence-electron chi connectivity index (χ4n) is 4.13. The van der Waals surface area contributed by atoms with Crippen molar-refractivity contribution in [3.63, 3.8) is 0 Å². The lowest BCUT2D eigenvalue weighted by molar-refractivity contribution is -0.203. The lowest BCUT2D eigenvalue weighted by Gasteiger charge is -2.32. The van der Waals surface area contributed by atoms with Gasteiger partial charge in [0.1, 0.15) is 0 Å². The first-order valence-electron chi connectivity index (χ1n) is 13.0. The molecule has 2 rings (SSSR count). The second-order valence-electron chi connectivity index (χ2n) is 10.7. The number of nitrogens with one attached hydrogen (secondary N) is 2. The Hall–Kier alpha value is -2.31. The summed E-state index contributed by atoms with van der Waals surface area (Å²) in [7, 11) is -2.32. The van der Waals surface area contributed by atoms with Crippen molar-refractivity contribution < 1.29 is 32.3 Å². The monoisotopic (exact) mass is 553 g/mol. The number of hydrogen-bond acceptors (Lipinski definition) is 7. The van der Waals surface area contributed by atoms with Gasteiger partial charge in [0.15, 0.2) is 6.29 Å². The molecule has 1 fully saturated rings. The van der Waals surface area contributed by atoms with Crippen LogP contribution in [-0.2, 0) is 33.9 Å². The molecule has 2 N–H and O–H groups in total. The van der Waals surface area contributed by atoms with Crippen molar-refractivity contribution in [3.05, 3.63) is 42.0 Å². The van der Waals surface area contributed by atoms with Gasteiger partial charge in [-0.15, -0.1) is 4.41 Å². The van der Waals surface area contributed by atoms with Gasteiger partial charge in [0.2, 0.25) is 21.8 Å². The molecule has 1 aromatic rings. The number of carbonyl (C=O) groups is 2. The Bertz CT molecular complexity index is 1000. The van der Waals surface area contributed by atoms with Crippen LogP contribution < -0.4 is 10.9 Å². The Kier molecular flexibility index (Phi) is 12.9. The molecule has 0 bridgehead atoms. The SMILES string of the molecule is COCCN(NC(=O)C(CC(C)(C)C)[C@@H](CC=Cc1ccccc1)C(=O)NO[C@H]1CCCCO1)S(C)(=O)=O. The fraction of sp³-hybridized carbons (Fsp3) is 0.630. The van der Waals surface area contributed by atoms with Crippen molar-refractivity contribution in [1.82, 2.24) is 15.3 Å². The van der Waals surface area contributed by atoms with E-state index < -0.39 is 40.0 Å². The number of sulfonamides is 1. The Morgan fingerprint density at radius 3 is 2.45 bits per heavy atom. The van der Waals surface area contributed by atoms with E-state index in [1.54, 1.807) is 0 Å². The number of ether oxygens (including phenoxy) is 2. The van der Waals surface area contributed by atoms with Gasteiger partial charge < -0.3 is 9.47 Å². The highest BCUT2D eigenvalue weighted by Gasteiger charge is 2.38. The zero-order valence-electron chi connectivity index (χ0n) is 23.1. The largest absolute Gasteiger partial charge is 0.383 e. The van der Waals surface area contributed by atoms with Gasteiger partial charge in [-0.05, 0) is 36.7 Å². The molecule has 0 aromatic heterocycles. The fourth-order valence-corrected chi connectivity index (χ4v) is 4.80. The van der Waals surface area contributed by atoms with Gasteiger partial charge in [-0.3, -0.25) is 15.0 Å². The highest BCUT2D eigenvalue weighted by Crippen LogP contribution is 2.32. The maximum atomic E-state index is 13.6. The molecule has 3 atom stereocenters. The number of hydrazine groups is 1. The second-order valence-corrected chi connectivity index (χ2v) is 12.6. The maximum absolute atomic E-state index is 13.6. The third-order valence-corrected chi connectivity index (χ3v) is 7.13. The zero-order valence-corrected chi connectivity index (χ0v) is 24.0. The standard InChI is InChI=1S/C27H43N3O7S/c1-27(2,3)20-23(25(31)28-30(17-19-35-4)38(5,33)34)22(15-11-14-21-12-7-6-8-13-21)26(32)29-37-24-16-9-10-18-36-24/h6-8,11-14,22-24H,9-10,15-20H2,1-5H3,(H,28,31)(H,29,32)/t22-,23?,24+/m1/s1. The van der Waals surface area contributed by atoms with Crippen LogP contribution in [0.1, 0.15) is 58.4 Å². The van der Waals surface area contributed by atoms with Crippen molar-refractivity contribution in [3.8, 4) is 0 Å². The molecule has 38 heavy (non-hydrogen) atoms. The average Bonchev–Trinajstić information content (AvgIpc) is 2.86. The number of amides is 2. The zero-order chi connectivity index (χ0) is 28.2. The molecule has 1 heterocycles. The molecule has 0 aliphatic carbocycles. The van der Waals surface area contributed by atoms with Crippen LogP contribution in [0.15, 0.2) is 36.4 Å². The average molecular weight is 554 g/mol. The third kappa shape index (κ3) is 11.6. The molecule has 0 spiro atoms. The Labute approximate surface area is 227 Å². The maximum Gasteiger partial charge on any atom is 0.247 e. The van der Waals surface area contributed by atoms with Crippen molar-refractivity contribution in [2.75, 3.05) is 33.1 Å². The van der Waals surface area contributed by atoms with E-state index in [4.69, 9.17) is 14.3 Å². The highest BCUT2D eigenvalue weighted by molar-refractivity contribution is 7.88. The molecular weight excluding hydrogens is 510 g/mol. The predicted octanol–water partition coefficient (Wildman–Crippen LogP) is 3.27. The molecule has 1 unspecified atom stereocenters. The van der Waals surface area contributed by atoms with E-state index >= 15 is 0 Å². The summed E-state index contributed by atoms with van der Waals surface area (Å²) in [6.07, 6.45) is 7.30. The van der Waals surface area contributed by atoms with Gasteiger partial charge in [0, 0.05) is 20.1 Å². The first kappa shape index (κ1) is 31.9. The molecule has 214 valence electrons. The number of methoxy groups -OCH3 is 1. The quantitative estimate of drug-likeness (QED) is 0.339. The van der Waals surface area contributed by atoms with E-state index in [1.807, 2.05) is 63.3 Å². The van der Waals surface area contributed by atoms with E-state index in [-0.39, 0.29) is 25.0 Å². The number of rotatable bonds is 14. The molecule has 11 heteroatoms. The van der Waals surface area contributed by atoms with Gasteiger partial charge >= 0.3 is 0 Å². The summed E-state index contributed by atoms with van der Waals surface area (Å²) in [5, 5.41) is 0. The van der Waals surface area contributed by atoms with Gasteiger partial charge in [-0.1, -0.05) is 63.3 Å². The first-order chi connectivity index (χ1) is 17.9. The van der Waals surface area contributed by atoms with Crippen molar-refractivity contribution in [1.29, 1.82) is 0 Å². The second kappa shape index (κ2) is 15.3. The van der Waals surface area contributed by atoms with Crippen LogP contribution in [0, 0.1) is 17.3 Å². The van der Waals surface area contributed by atoms with Crippen LogP contribution in [-0.4, -0.2) is 64.1 Å². The number of benzene rings is 1. The van der Waals surface area contributed by atoms with Crippen LogP contribution in [0.25, 0.3) is 6.08 Å². The molecule has 2 amide bonds. The number of hydroxylamine groups is 1. The molecular formula is C27H43N3O7S. The lowest BCUT2D eigenvalue weighted by atomic mass is 9.76. The molecule has 1 aliphatic rings. The summed E-state index contributed by atoms with van der Waals surface area (Å²) >= 11 is 0. The van der Waals surface area contributed by atoms with Crippen LogP contribution in [0.4, 0.5) is 0 Å². The summed E-state index contributed by atoms with van der Waals surface area (Å²) in [4.78, 5) is 32.6. The van der Waals surface area contributed by atoms with Crippen LogP contribution in [0.3, 0.4) is 0 Å². The van der Waals surface area contributed by atoms with Crippen LogP contribution >= 0.6 is 0 Å². The van der Waals surface area contributed by atoms with Gasteiger partial charge in [-0.2, -0.15) is 0 Å². The third-order valence-electron chi connectivity index (χ3n) is 6.05. The van der Waals surface area contributed by atoms with Crippen molar-refractivity contribution in [2.45, 2.75) is 59.2 Å². The van der Waals surface area contributed by atoms with Crippen LogP contribution in [0.5, 0.6) is 0 Å². The Balaban J connectivity index is 2.31. The molecule has 10 nitrogen and oxygen atoms in total. The summed E-state index contributed by atoms with van der Waals surface area (Å²) in [5.41, 5.74) is 5.65. The summed E-state index contributed by atoms with van der Waals surface area (Å²) in [5.74, 6) is -2.72. The lowest BCUT2D eigenvalue weighted by Crippen LogP contribution is -2.52. The number of hydrogen-bond donors (Lipinski definition) is 2. The summed E-state index contributed by atoms with van der Waals surface area (Å²) in [6.45, 7) is 6.49. The number of carbonyl (C=O) groups excluding carboxylic acids is 2. The minimum absolute atomic E-state index is 0.0593. The number of nitrogens with zero attached hydrogens (tertiary/aromatic N) is 1. The van der Waals surface area contributed by atoms with E-state index in [0.717, 1.165) is 29.1 Å². The molecule has 0 radical (unpaired) electrons. The molecule has 0 saturated carbocycles. The Morgan fingerprint density at radius 2 is 1.87 bits per heavy atom. The Morgan fingerprint density at radius 1 is 1.16 bits per heavy atom. The van der Waals surface area contributed by atoms with E-state index in [9.17, 15) is 18.0 Å². The highest BCUT2D eigenvalue weighted by atomic mass is 32.2. The smallest absolute Gasteiger partial charge is 0.247 e. The topological polar surface area (TPSA) is 123 Å². The van der Waals surface area contributed by atoms with E-state index in [0.29, 0.717) is 19.4 Å². The minimum Gasteiger partial charge on any atom is -0.383 e. The molecule has 1 saturated heterocycles. The van der Waals surface area contributed by atoms with Gasteiger partial charge in [0.05, 0.1) is 31.2 Å². The van der Waals surface area contributed by atoms with E-state index in [2.05, 4.69) is 10.9 Å². The minimum atomic E-state index is -3.77. The van der Waals surface area contributed by atoms with Gasteiger partial charge in [0.25, 0.3) is 0 Å². The molecule has 1 aromatic carbocycles. The normalized spacial score (nSPS) is 18.3. The van der Waals surface area contributed by atoms with Crippen LogP contribution in [0.2, 0.25) is 0 Å². The number of allylic oxidation sites excluding steroid dienone is 1. The predicted molar refractivity (Wildman–Crippen MR) is 146 cm³/mol. The summed E-state index contributed by atoms with van der Waals surface area (Å²) < 4.78 is 36.1. The molecule has 1 aliphatic heterocycles. The first-order valence-corrected chi connectivity index (χ1v) is 14.8. The van der Waals surface area contributed by atoms with Crippen molar-refractivity contribution >= 4 is 27.9 Å². The van der Waals surface area contributed by atoms with Crippen molar-refractivity contribution in [2.24, 2.45) is 17.3 Å². The van der Waals surface area contributed by atoms with E-state index in [1.165, 1.54) is 7.11 Å².